The standard InChI is InChI=1S/C22H20N2O2/c1-17-9-6-7-13-20(17)23(2)21-14-8-12-19(22(21)24(25)26)16-15-18-10-4-3-5-11-18/h3-16H,1-2H3. The lowest BCUT2D eigenvalue weighted by atomic mass is 10.1. The van der Waals surface area contributed by atoms with E-state index < -0.39 is 0 Å². The van der Waals surface area contributed by atoms with Gasteiger partial charge in [-0.1, -0.05) is 60.7 Å². The highest BCUT2D eigenvalue weighted by atomic mass is 16.6. The van der Waals surface area contributed by atoms with E-state index in [1.807, 2.05) is 85.6 Å². The predicted octanol–water partition coefficient (Wildman–Crippen LogP) is 5.84. The van der Waals surface area contributed by atoms with Crippen molar-refractivity contribution in [1.82, 2.24) is 0 Å². The number of aryl methyl sites for hydroxylation is 1. The van der Waals surface area contributed by atoms with Gasteiger partial charge in [0.1, 0.15) is 5.69 Å². The lowest BCUT2D eigenvalue weighted by molar-refractivity contribution is -0.384. The molecule has 4 heteroatoms. The fraction of sp³-hybridized carbons (Fsp3) is 0.0909. The quantitative estimate of drug-likeness (QED) is 0.332. The van der Waals surface area contributed by atoms with Crippen LogP contribution in [0.25, 0.3) is 12.2 Å². The second-order valence-corrected chi connectivity index (χ2v) is 6.06. The van der Waals surface area contributed by atoms with E-state index >= 15 is 0 Å². The van der Waals surface area contributed by atoms with Gasteiger partial charge in [0.15, 0.2) is 0 Å². The largest absolute Gasteiger partial charge is 0.339 e. The molecule has 0 aliphatic heterocycles. The number of hydrogen-bond acceptors (Lipinski definition) is 3. The number of hydrogen-bond donors (Lipinski definition) is 0. The van der Waals surface area contributed by atoms with Crippen molar-refractivity contribution in [3.8, 4) is 0 Å². The average molecular weight is 344 g/mol. The lowest BCUT2D eigenvalue weighted by Gasteiger charge is -2.22. The summed E-state index contributed by atoms with van der Waals surface area (Å²) < 4.78 is 0. The van der Waals surface area contributed by atoms with E-state index in [0.29, 0.717) is 11.3 Å². The van der Waals surface area contributed by atoms with Crippen LogP contribution in [0.15, 0.2) is 72.8 Å². The normalized spacial score (nSPS) is 10.8. The van der Waals surface area contributed by atoms with Crippen molar-refractivity contribution >= 4 is 29.2 Å². The van der Waals surface area contributed by atoms with Crippen molar-refractivity contribution in [2.24, 2.45) is 0 Å². The first-order valence-corrected chi connectivity index (χ1v) is 8.38. The number of nitrogens with zero attached hydrogens (tertiary/aromatic N) is 2. The maximum Gasteiger partial charge on any atom is 0.300 e. The molecule has 0 radical (unpaired) electrons. The Balaban J connectivity index is 2.06. The number of nitro benzene ring substituents is 1. The number of para-hydroxylation sites is 2. The first-order valence-electron chi connectivity index (χ1n) is 8.38. The Labute approximate surface area is 153 Å². The molecule has 4 nitrogen and oxygen atoms in total. The molecule has 0 fully saturated rings. The van der Waals surface area contributed by atoms with Crippen LogP contribution in [0.4, 0.5) is 17.1 Å². The Bertz CT molecular complexity index is 949. The van der Waals surface area contributed by atoms with Gasteiger partial charge >= 0.3 is 0 Å². The van der Waals surface area contributed by atoms with Gasteiger partial charge in [-0.15, -0.1) is 0 Å². The van der Waals surface area contributed by atoms with Gasteiger partial charge < -0.3 is 4.90 Å². The van der Waals surface area contributed by atoms with Crippen molar-refractivity contribution in [3.63, 3.8) is 0 Å². The first-order chi connectivity index (χ1) is 12.6. The first kappa shape index (κ1) is 17.4. The van der Waals surface area contributed by atoms with Gasteiger partial charge in [0.2, 0.25) is 0 Å². The van der Waals surface area contributed by atoms with Crippen molar-refractivity contribution in [2.45, 2.75) is 6.92 Å². The molecule has 3 rings (SSSR count). The highest BCUT2D eigenvalue weighted by Gasteiger charge is 2.22. The van der Waals surface area contributed by atoms with Crippen LogP contribution in [-0.2, 0) is 0 Å². The molecule has 0 saturated heterocycles. The van der Waals surface area contributed by atoms with Crippen LogP contribution in [0.3, 0.4) is 0 Å². The van der Waals surface area contributed by atoms with Crippen LogP contribution in [0, 0.1) is 17.0 Å². The van der Waals surface area contributed by atoms with Gasteiger partial charge in [-0.2, -0.15) is 0 Å². The van der Waals surface area contributed by atoms with Gasteiger partial charge in [-0.25, -0.2) is 0 Å². The van der Waals surface area contributed by atoms with Crippen LogP contribution in [0.1, 0.15) is 16.7 Å². The third-order valence-electron chi connectivity index (χ3n) is 4.32. The van der Waals surface area contributed by atoms with Crippen molar-refractivity contribution in [3.05, 3.63) is 99.6 Å². The van der Waals surface area contributed by atoms with E-state index in [2.05, 4.69) is 0 Å². The molecule has 0 atom stereocenters. The maximum atomic E-state index is 11.8. The molecule has 0 aromatic heterocycles. The topological polar surface area (TPSA) is 46.4 Å². The molecule has 0 N–H and O–H groups in total. The summed E-state index contributed by atoms with van der Waals surface area (Å²) in [5.41, 5.74) is 4.26. The van der Waals surface area contributed by atoms with Gasteiger partial charge in [-0.3, -0.25) is 10.1 Å². The molecular formula is C22H20N2O2. The Morgan fingerprint density at radius 1 is 0.846 bits per heavy atom. The maximum absolute atomic E-state index is 11.8. The molecule has 3 aromatic rings. The number of rotatable bonds is 5. The fourth-order valence-corrected chi connectivity index (χ4v) is 2.97. The minimum atomic E-state index is -0.311. The van der Waals surface area contributed by atoms with E-state index in [1.54, 1.807) is 18.2 Å². The van der Waals surface area contributed by atoms with Crippen LogP contribution in [0.2, 0.25) is 0 Å². The molecule has 3 aromatic carbocycles. The van der Waals surface area contributed by atoms with Crippen LogP contribution in [-0.4, -0.2) is 12.0 Å². The number of benzene rings is 3. The van der Waals surface area contributed by atoms with E-state index in [4.69, 9.17) is 0 Å². The zero-order valence-corrected chi connectivity index (χ0v) is 14.8. The fourth-order valence-electron chi connectivity index (χ4n) is 2.97. The zero-order valence-electron chi connectivity index (χ0n) is 14.8. The van der Waals surface area contributed by atoms with Gasteiger partial charge in [-0.05, 0) is 42.3 Å². The second kappa shape index (κ2) is 7.66. The number of anilines is 2. The molecular weight excluding hydrogens is 324 g/mol. The minimum Gasteiger partial charge on any atom is -0.339 e. The molecule has 0 heterocycles. The third-order valence-corrected chi connectivity index (χ3v) is 4.32. The summed E-state index contributed by atoms with van der Waals surface area (Å²) in [6.45, 7) is 2.00. The second-order valence-electron chi connectivity index (χ2n) is 6.06. The van der Waals surface area contributed by atoms with Crippen molar-refractivity contribution < 1.29 is 4.92 Å². The monoisotopic (exact) mass is 344 g/mol. The van der Waals surface area contributed by atoms with Gasteiger partial charge in [0, 0.05) is 12.7 Å². The molecule has 0 amide bonds. The highest BCUT2D eigenvalue weighted by Crippen LogP contribution is 2.37. The lowest BCUT2D eigenvalue weighted by Crippen LogP contribution is -2.13. The molecule has 130 valence electrons. The molecule has 26 heavy (non-hydrogen) atoms. The SMILES string of the molecule is Cc1ccccc1N(C)c1cccc(C=Cc2ccccc2)c1[N+](=O)[O-]. The van der Waals surface area contributed by atoms with Crippen LogP contribution >= 0.6 is 0 Å². The average Bonchev–Trinajstić information content (AvgIpc) is 2.66. The minimum absolute atomic E-state index is 0.102. The van der Waals surface area contributed by atoms with E-state index in [-0.39, 0.29) is 10.6 Å². The number of nitro groups is 1. The summed E-state index contributed by atoms with van der Waals surface area (Å²) in [4.78, 5) is 13.4. The molecule has 0 aliphatic rings. The smallest absolute Gasteiger partial charge is 0.300 e. The molecule has 0 saturated carbocycles. The highest BCUT2D eigenvalue weighted by molar-refractivity contribution is 5.83. The Kier molecular flexibility index (Phi) is 5.13. The Morgan fingerprint density at radius 2 is 1.50 bits per heavy atom. The Hall–Kier alpha value is -3.40. The summed E-state index contributed by atoms with van der Waals surface area (Å²) >= 11 is 0. The summed E-state index contributed by atoms with van der Waals surface area (Å²) in [6.07, 6.45) is 3.68. The third kappa shape index (κ3) is 3.64. The predicted molar refractivity (Wildman–Crippen MR) is 108 cm³/mol. The van der Waals surface area contributed by atoms with Crippen LogP contribution in [0.5, 0.6) is 0 Å². The van der Waals surface area contributed by atoms with E-state index in [0.717, 1.165) is 16.8 Å². The summed E-state index contributed by atoms with van der Waals surface area (Å²) in [5.74, 6) is 0. The Morgan fingerprint density at radius 3 is 2.19 bits per heavy atom. The van der Waals surface area contributed by atoms with Gasteiger partial charge in [0.25, 0.3) is 5.69 Å². The van der Waals surface area contributed by atoms with E-state index in [9.17, 15) is 10.1 Å². The van der Waals surface area contributed by atoms with Crippen LogP contribution < -0.4 is 4.90 Å². The summed E-state index contributed by atoms with van der Waals surface area (Å²) in [7, 11) is 1.86. The van der Waals surface area contributed by atoms with Crippen molar-refractivity contribution in [1.29, 1.82) is 0 Å². The van der Waals surface area contributed by atoms with Gasteiger partial charge in [0.05, 0.1) is 10.5 Å². The summed E-state index contributed by atoms with van der Waals surface area (Å²) in [6, 6.07) is 23.0. The zero-order chi connectivity index (χ0) is 18.5. The molecule has 0 spiro atoms. The molecule has 0 aliphatic carbocycles. The molecule has 0 bridgehead atoms. The molecule has 0 unspecified atom stereocenters. The summed E-state index contributed by atoms with van der Waals surface area (Å²) in [5, 5.41) is 11.8. The van der Waals surface area contributed by atoms with Crippen molar-refractivity contribution in [2.75, 3.05) is 11.9 Å². The van der Waals surface area contributed by atoms with E-state index in [1.165, 1.54) is 0 Å².